The lowest BCUT2D eigenvalue weighted by molar-refractivity contribution is 0.191. The van der Waals surface area contributed by atoms with Gasteiger partial charge in [0.2, 0.25) is 0 Å². The number of aryl methyl sites for hydroxylation is 2. The molecule has 0 aliphatic rings. The van der Waals surface area contributed by atoms with Gasteiger partial charge < -0.3 is 9.30 Å². The molecule has 0 spiro atoms. The summed E-state index contributed by atoms with van der Waals surface area (Å²) in [5.41, 5.74) is 1.98. The second-order valence-corrected chi connectivity index (χ2v) is 5.56. The van der Waals surface area contributed by atoms with Crippen molar-refractivity contribution in [3.63, 3.8) is 0 Å². The van der Waals surface area contributed by atoms with Crippen LogP contribution in [0.1, 0.15) is 25.1 Å². The molecule has 2 aromatic rings. The van der Waals surface area contributed by atoms with Crippen LogP contribution in [0.3, 0.4) is 0 Å². The number of unbranched alkanes of at least 4 members (excludes halogenated alkanes) is 2. The van der Waals surface area contributed by atoms with E-state index in [2.05, 4.69) is 9.55 Å². The lowest BCUT2D eigenvalue weighted by atomic mass is 10.2. The van der Waals surface area contributed by atoms with Gasteiger partial charge in [-0.1, -0.05) is 17.7 Å². The number of aromatic nitrogens is 2. The summed E-state index contributed by atoms with van der Waals surface area (Å²) in [7, 11) is 1.74. The zero-order valence-corrected chi connectivity index (χ0v) is 13.3. The van der Waals surface area contributed by atoms with Gasteiger partial charge in [0.25, 0.3) is 0 Å². The fourth-order valence-electron chi connectivity index (χ4n) is 2.40. The quantitative estimate of drug-likeness (QED) is 0.537. The second-order valence-electron chi connectivity index (χ2n) is 4.78. The van der Waals surface area contributed by atoms with Crippen LogP contribution in [0.15, 0.2) is 18.2 Å². The van der Waals surface area contributed by atoms with E-state index in [0.717, 1.165) is 60.7 Å². The largest absolute Gasteiger partial charge is 0.385 e. The predicted molar refractivity (Wildman–Crippen MR) is 84.9 cm³/mol. The fourth-order valence-corrected chi connectivity index (χ4v) is 2.84. The van der Waals surface area contributed by atoms with Crippen LogP contribution in [0.2, 0.25) is 5.02 Å². The number of nitrogens with zero attached hydrogens (tertiary/aromatic N) is 2. The molecular weight excluding hydrogens is 295 g/mol. The third kappa shape index (κ3) is 3.66. The number of rotatable bonds is 8. The van der Waals surface area contributed by atoms with Gasteiger partial charge >= 0.3 is 0 Å². The topological polar surface area (TPSA) is 27.1 Å². The van der Waals surface area contributed by atoms with Gasteiger partial charge in [0.1, 0.15) is 5.82 Å². The average Bonchev–Trinajstić information content (AvgIpc) is 2.78. The summed E-state index contributed by atoms with van der Waals surface area (Å²) in [6.45, 7) is 1.75. The molecule has 0 atom stereocenters. The molecule has 1 heterocycles. The first-order valence-electron chi connectivity index (χ1n) is 6.96. The zero-order valence-electron chi connectivity index (χ0n) is 11.7. The highest BCUT2D eigenvalue weighted by Crippen LogP contribution is 2.25. The zero-order chi connectivity index (χ0) is 14.4. The van der Waals surface area contributed by atoms with Crippen LogP contribution in [0.25, 0.3) is 11.0 Å². The van der Waals surface area contributed by atoms with Crippen molar-refractivity contribution >= 4 is 34.2 Å². The van der Waals surface area contributed by atoms with Crippen LogP contribution in [0.5, 0.6) is 0 Å². The second kappa shape index (κ2) is 7.87. The van der Waals surface area contributed by atoms with Gasteiger partial charge in [-0.25, -0.2) is 4.98 Å². The van der Waals surface area contributed by atoms with E-state index >= 15 is 0 Å². The van der Waals surface area contributed by atoms with Gasteiger partial charge in [0.05, 0.1) is 16.1 Å². The number of imidazole rings is 1. The number of hydrogen-bond donors (Lipinski definition) is 0. The van der Waals surface area contributed by atoms with E-state index in [1.165, 1.54) is 0 Å². The summed E-state index contributed by atoms with van der Waals surface area (Å²) in [4.78, 5) is 4.65. The van der Waals surface area contributed by atoms with E-state index in [1.54, 1.807) is 7.11 Å². The van der Waals surface area contributed by atoms with Gasteiger partial charge in [-0.05, 0) is 31.4 Å². The van der Waals surface area contributed by atoms with Crippen molar-refractivity contribution in [3.05, 3.63) is 29.0 Å². The van der Waals surface area contributed by atoms with Crippen LogP contribution in [-0.4, -0.2) is 29.1 Å². The van der Waals surface area contributed by atoms with E-state index < -0.39 is 0 Å². The van der Waals surface area contributed by atoms with Gasteiger partial charge in [-0.2, -0.15) is 0 Å². The van der Waals surface area contributed by atoms with Crippen LogP contribution < -0.4 is 0 Å². The lowest BCUT2D eigenvalue weighted by Gasteiger charge is -2.09. The van der Waals surface area contributed by atoms with Crippen molar-refractivity contribution < 1.29 is 4.74 Å². The molecule has 2 rings (SSSR count). The van der Waals surface area contributed by atoms with E-state index in [-0.39, 0.29) is 0 Å². The van der Waals surface area contributed by atoms with Crippen molar-refractivity contribution in [1.29, 1.82) is 0 Å². The minimum absolute atomic E-state index is 0.574. The van der Waals surface area contributed by atoms with Gasteiger partial charge in [0.15, 0.2) is 0 Å². The molecule has 0 bridgehead atoms. The van der Waals surface area contributed by atoms with E-state index in [9.17, 15) is 0 Å². The van der Waals surface area contributed by atoms with Crippen LogP contribution in [0.4, 0.5) is 0 Å². The normalized spacial score (nSPS) is 11.3. The predicted octanol–water partition coefficient (Wildman–Crippen LogP) is 4.29. The van der Waals surface area contributed by atoms with Crippen LogP contribution in [0, 0.1) is 0 Å². The Balaban J connectivity index is 2.17. The number of alkyl halides is 1. The number of hydrogen-bond acceptors (Lipinski definition) is 2. The third-order valence-electron chi connectivity index (χ3n) is 3.34. The molecule has 0 aliphatic heterocycles. The molecule has 0 radical (unpaired) electrons. The SMILES string of the molecule is COCCCCCn1c(CCCl)nc2cccc(Cl)c21. The number of methoxy groups -OCH3 is 1. The minimum atomic E-state index is 0.574. The van der Waals surface area contributed by atoms with Crippen LogP contribution in [-0.2, 0) is 17.7 Å². The van der Waals surface area contributed by atoms with E-state index in [4.69, 9.17) is 27.9 Å². The number of ether oxygens (including phenoxy) is 1. The molecule has 1 aromatic heterocycles. The summed E-state index contributed by atoms with van der Waals surface area (Å²) in [6.07, 6.45) is 4.08. The summed E-state index contributed by atoms with van der Waals surface area (Å²) >= 11 is 12.2. The maximum absolute atomic E-state index is 6.32. The Labute approximate surface area is 129 Å². The molecule has 0 aliphatic carbocycles. The molecular formula is C15H20Cl2N2O. The fraction of sp³-hybridized carbons (Fsp3) is 0.533. The highest BCUT2D eigenvalue weighted by molar-refractivity contribution is 6.35. The van der Waals surface area contributed by atoms with Crippen molar-refractivity contribution in [2.75, 3.05) is 19.6 Å². The standard InChI is InChI=1S/C15H20Cl2N2O/c1-20-11-4-2-3-10-19-14(8-9-16)18-13-7-5-6-12(17)15(13)19/h5-7H,2-4,8-11H2,1H3. The Bertz CT molecular complexity index is 554. The molecule has 1 aromatic carbocycles. The highest BCUT2D eigenvalue weighted by Gasteiger charge is 2.12. The van der Waals surface area contributed by atoms with Gasteiger partial charge in [-0.15, -0.1) is 11.6 Å². The van der Waals surface area contributed by atoms with E-state index in [0.29, 0.717) is 5.88 Å². The van der Waals surface area contributed by atoms with Crippen molar-refractivity contribution in [2.24, 2.45) is 0 Å². The first-order valence-corrected chi connectivity index (χ1v) is 7.87. The number of halogens is 2. The van der Waals surface area contributed by atoms with Gasteiger partial charge in [-0.3, -0.25) is 0 Å². The molecule has 0 N–H and O–H groups in total. The highest BCUT2D eigenvalue weighted by atomic mass is 35.5. The average molecular weight is 315 g/mol. The molecule has 20 heavy (non-hydrogen) atoms. The summed E-state index contributed by atoms with van der Waals surface area (Å²) in [5, 5.41) is 0.757. The molecule has 110 valence electrons. The van der Waals surface area contributed by atoms with Crippen molar-refractivity contribution in [3.8, 4) is 0 Å². The smallest absolute Gasteiger partial charge is 0.111 e. The molecule has 0 unspecified atom stereocenters. The molecule has 0 amide bonds. The number of benzene rings is 1. The number of para-hydroxylation sites is 1. The molecule has 0 saturated heterocycles. The minimum Gasteiger partial charge on any atom is -0.385 e. The van der Waals surface area contributed by atoms with Gasteiger partial charge in [0, 0.05) is 32.6 Å². The van der Waals surface area contributed by atoms with Crippen LogP contribution >= 0.6 is 23.2 Å². The molecule has 3 nitrogen and oxygen atoms in total. The summed E-state index contributed by atoms with van der Waals surface area (Å²) < 4.78 is 7.29. The molecule has 0 saturated carbocycles. The molecule has 5 heteroatoms. The Hall–Kier alpha value is -0.770. The number of fused-ring (bicyclic) bond motifs is 1. The Morgan fingerprint density at radius 3 is 2.85 bits per heavy atom. The summed E-state index contributed by atoms with van der Waals surface area (Å²) in [6, 6.07) is 5.85. The monoisotopic (exact) mass is 314 g/mol. The first kappa shape index (κ1) is 15.6. The maximum atomic E-state index is 6.32. The van der Waals surface area contributed by atoms with Crippen molar-refractivity contribution in [1.82, 2.24) is 9.55 Å². The maximum Gasteiger partial charge on any atom is 0.111 e. The Kier molecular flexibility index (Phi) is 6.14. The van der Waals surface area contributed by atoms with Crippen molar-refractivity contribution in [2.45, 2.75) is 32.2 Å². The Morgan fingerprint density at radius 2 is 2.10 bits per heavy atom. The van der Waals surface area contributed by atoms with E-state index in [1.807, 2.05) is 18.2 Å². The Morgan fingerprint density at radius 1 is 1.25 bits per heavy atom. The first-order chi connectivity index (χ1) is 9.77. The lowest BCUT2D eigenvalue weighted by Crippen LogP contribution is -2.05. The molecule has 0 fully saturated rings. The summed E-state index contributed by atoms with van der Waals surface area (Å²) in [5.74, 6) is 1.60. The third-order valence-corrected chi connectivity index (χ3v) is 3.84.